The highest BCUT2D eigenvalue weighted by Crippen LogP contribution is 2.13. The number of Topliss-reactive ketones (excluding diaryl/α,β-unsaturated/α-hetero) is 1. The molecule has 0 aromatic heterocycles. The maximum Gasteiger partial charge on any atom is 0.306 e. The smallest absolute Gasteiger partial charge is 0.306 e. The lowest BCUT2D eigenvalue weighted by Crippen LogP contribution is -2.21. The van der Waals surface area contributed by atoms with Crippen molar-refractivity contribution in [2.75, 3.05) is 11.9 Å². The SMILES string of the molecule is Cc1ccc(C(=O)CCC(=O)OCC(=O)Nc2cccc(C#N)c2)cc1C. The first-order valence-electron chi connectivity index (χ1n) is 8.45. The monoisotopic (exact) mass is 364 g/mol. The zero-order chi connectivity index (χ0) is 19.8. The Hall–Kier alpha value is -3.46. The van der Waals surface area contributed by atoms with Gasteiger partial charge in [0.1, 0.15) is 0 Å². The number of benzene rings is 2. The lowest BCUT2D eigenvalue weighted by Gasteiger charge is -2.07. The number of hydrogen-bond acceptors (Lipinski definition) is 5. The molecule has 2 aromatic carbocycles. The standard InChI is InChI=1S/C21H20N2O4/c1-14-6-7-17(10-15(14)2)19(24)8-9-21(26)27-13-20(25)23-18-5-3-4-16(11-18)12-22/h3-7,10-11H,8-9,13H2,1-2H3,(H,23,25). The molecular formula is C21H20N2O4. The average molecular weight is 364 g/mol. The number of anilines is 1. The van der Waals surface area contributed by atoms with Crippen molar-refractivity contribution in [3.8, 4) is 6.07 Å². The van der Waals surface area contributed by atoms with E-state index in [2.05, 4.69) is 5.32 Å². The molecule has 0 spiro atoms. The molecule has 1 N–H and O–H groups in total. The van der Waals surface area contributed by atoms with Crippen LogP contribution in [0, 0.1) is 25.2 Å². The number of hydrogen-bond donors (Lipinski definition) is 1. The molecule has 0 heterocycles. The van der Waals surface area contributed by atoms with E-state index in [4.69, 9.17) is 10.00 Å². The Morgan fingerprint density at radius 3 is 2.52 bits per heavy atom. The topological polar surface area (TPSA) is 96.3 Å². The molecule has 0 atom stereocenters. The molecule has 0 aliphatic heterocycles. The molecule has 0 aliphatic rings. The van der Waals surface area contributed by atoms with Crippen molar-refractivity contribution in [1.29, 1.82) is 5.26 Å². The highest BCUT2D eigenvalue weighted by Gasteiger charge is 2.12. The van der Waals surface area contributed by atoms with Crippen molar-refractivity contribution in [2.45, 2.75) is 26.7 Å². The maximum atomic E-state index is 12.1. The quantitative estimate of drug-likeness (QED) is 0.600. The van der Waals surface area contributed by atoms with Gasteiger partial charge < -0.3 is 10.1 Å². The van der Waals surface area contributed by atoms with E-state index in [9.17, 15) is 14.4 Å². The van der Waals surface area contributed by atoms with Gasteiger partial charge in [-0.15, -0.1) is 0 Å². The van der Waals surface area contributed by atoms with E-state index >= 15 is 0 Å². The van der Waals surface area contributed by atoms with Crippen LogP contribution in [0.1, 0.15) is 39.9 Å². The molecule has 1 amide bonds. The number of carbonyl (C=O) groups excluding carboxylic acids is 3. The first-order chi connectivity index (χ1) is 12.9. The van der Waals surface area contributed by atoms with E-state index in [0.29, 0.717) is 16.8 Å². The van der Waals surface area contributed by atoms with Gasteiger partial charge in [-0.3, -0.25) is 14.4 Å². The van der Waals surface area contributed by atoms with Gasteiger partial charge in [-0.2, -0.15) is 5.26 Å². The van der Waals surface area contributed by atoms with Crippen LogP contribution in [0.15, 0.2) is 42.5 Å². The lowest BCUT2D eigenvalue weighted by atomic mass is 10.0. The van der Waals surface area contributed by atoms with E-state index in [0.717, 1.165) is 11.1 Å². The Balaban J connectivity index is 1.76. The van der Waals surface area contributed by atoms with Crippen LogP contribution in [-0.4, -0.2) is 24.3 Å². The molecule has 0 bridgehead atoms. The van der Waals surface area contributed by atoms with Crippen molar-refractivity contribution in [1.82, 2.24) is 0 Å². The van der Waals surface area contributed by atoms with Crippen molar-refractivity contribution in [3.63, 3.8) is 0 Å². The average Bonchev–Trinajstić information content (AvgIpc) is 2.66. The van der Waals surface area contributed by atoms with Crippen molar-refractivity contribution in [3.05, 3.63) is 64.7 Å². The van der Waals surface area contributed by atoms with E-state index in [1.807, 2.05) is 26.0 Å². The fraction of sp³-hybridized carbons (Fsp3) is 0.238. The first-order valence-corrected chi connectivity index (χ1v) is 8.45. The molecule has 138 valence electrons. The molecule has 0 saturated carbocycles. The molecule has 6 nitrogen and oxygen atoms in total. The van der Waals surface area contributed by atoms with Crippen LogP contribution in [0.3, 0.4) is 0 Å². The predicted molar refractivity (Wildman–Crippen MR) is 100 cm³/mol. The van der Waals surface area contributed by atoms with E-state index < -0.39 is 18.5 Å². The second-order valence-corrected chi connectivity index (χ2v) is 6.12. The molecule has 0 aliphatic carbocycles. The highest BCUT2D eigenvalue weighted by molar-refractivity contribution is 5.98. The van der Waals surface area contributed by atoms with E-state index in [1.165, 1.54) is 6.07 Å². The summed E-state index contributed by atoms with van der Waals surface area (Å²) in [4.78, 5) is 35.7. The Labute approximate surface area is 157 Å². The summed E-state index contributed by atoms with van der Waals surface area (Å²) in [5, 5.41) is 11.4. The number of esters is 1. The summed E-state index contributed by atoms with van der Waals surface area (Å²) in [5.41, 5.74) is 3.52. The zero-order valence-electron chi connectivity index (χ0n) is 15.2. The van der Waals surface area contributed by atoms with Crippen LogP contribution in [0.4, 0.5) is 5.69 Å². The summed E-state index contributed by atoms with van der Waals surface area (Å²) in [7, 11) is 0. The molecule has 27 heavy (non-hydrogen) atoms. The second-order valence-electron chi connectivity index (χ2n) is 6.12. The van der Waals surface area contributed by atoms with Gasteiger partial charge in [-0.1, -0.05) is 18.2 Å². The van der Waals surface area contributed by atoms with Crippen LogP contribution >= 0.6 is 0 Å². The van der Waals surface area contributed by atoms with E-state index in [1.54, 1.807) is 30.3 Å². The number of nitriles is 1. The van der Waals surface area contributed by atoms with Crippen LogP contribution < -0.4 is 5.32 Å². The third-order valence-corrected chi connectivity index (χ3v) is 4.02. The zero-order valence-corrected chi connectivity index (χ0v) is 15.2. The van der Waals surface area contributed by atoms with Crippen molar-refractivity contribution in [2.24, 2.45) is 0 Å². The molecule has 0 saturated heterocycles. The van der Waals surface area contributed by atoms with Crippen LogP contribution in [-0.2, 0) is 14.3 Å². The summed E-state index contributed by atoms with van der Waals surface area (Å²) in [6.07, 6.45) is -0.0733. The van der Waals surface area contributed by atoms with Crippen molar-refractivity contribution >= 4 is 23.3 Å². The Morgan fingerprint density at radius 2 is 1.81 bits per heavy atom. The van der Waals surface area contributed by atoms with Gasteiger partial charge in [0.05, 0.1) is 18.1 Å². The van der Waals surface area contributed by atoms with Gasteiger partial charge in [0, 0.05) is 17.7 Å². The number of aryl methyl sites for hydroxylation is 2. The molecular weight excluding hydrogens is 344 g/mol. The summed E-state index contributed by atoms with van der Waals surface area (Å²) in [6, 6.07) is 13.8. The second kappa shape index (κ2) is 9.30. The molecule has 2 rings (SSSR count). The number of ether oxygens (including phenoxy) is 1. The summed E-state index contributed by atoms with van der Waals surface area (Å²) < 4.78 is 4.89. The van der Waals surface area contributed by atoms with Gasteiger partial charge in [0.2, 0.25) is 0 Å². The number of nitrogens with one attached hydrogen (secondary N) is 1. The van der Waals surface area contributed by atoms with Gasteiger partial charge in [-0.05, 0) is 49.2 Å². The molecule has 0 radical (unpaired) electrons. The summed E-state index contributed by atoms with van der Waals surface area (Å²) >= 11 is 0. The van der Waals surface area contributed by atoms with E-state index in [-0.39, 0.29) is 18.6 Å². The third kappa shape index (κ3) is 6.08. The fourth-order valence-electron chi connectivity index (χ4n) is 2.36. The van der Waals surface area contributed by atoms with Crippen LogP contribution in [0.5, 0.6) is 0 Å². The number of rotatable bonds is 7. The van der Waals surface area contributed by atoms with Crippen LogP contribution in [0.25, 0.3) is 0 Å². The Morgan fingerprint density at radius 1 is 1.04 bits per heavy atom. The number of ketones is 1. The number of amides is 1. The molecule has 0 unspecified atom stereocenters. The van der Waals surface area contributed by atoms with Crippen molar-refractivity contribution < 1.29 is 19.1 Å². The summed E-state index contributed by atoms with van der Waals surface area (Å²) in [6.45, 7) is 3.43. The number of nitrogens with zero attached hydrogens (tertiary/aromatic N) is 1. The third-order valence-electron chi connectivity index (χ3n) is 4.02. The highest BCUT2D eigenvalue weighted by atomic mass is 16.5. The molecule has 0 fully saturated rings. The number of carbonyl (C=O) groups is 3. The minimum atomic E-state index is -0.617. The normalized spacial score (nSPS) is 9.96. The minimum Gasteiger partial charge on any atom is -0.456 e. The van der Waals surface area contributed by atoms with Gasteiger partial charge >= 0.3 is 5.97 Å². The van der Waals surface area contributed by atoms with Crippen LogP contribution in [0.2, 0.25) is 0 Å². The van der Waals surface area contributed by atoms with Gasteiger partial charge in [-0.25, -0.2) is 0 Å². The van der Waals surface area contributed by atoms with Gasteiger partial charge in [0.15, 0.2) is 12.4 Å². The first kappa shape index (κ1) is 19.9. The largest absolute Gasteiger partial charge is 0.456 e. The Bertz CT molecular complexity index is 913. The maximum absolute atomic E-state index is 12.1. The fourth-order valence-corrected chi connectivity index (χ4v) is 2.36. The minimum absolute atomic E-state index is 0.0210. The molecule has 6 heteroatoms. The molecule has 2 aromatic rings. The lowest BCUT2D eigenvalue weighted by molar-refractivity contribution is -0.147. The summed E-state index contributed by atoms with van der Waals surface area (Å²) in [5.74, 6) is -1.28. The predicted octanol–water partition coefficient (Wildman–Crippen LogP) is 3.32. The van der Waals surface area contributed by atoms with Gasteiger partial charge in [0.25, 0.3) is 5.91 Å². The Kier molecular flexibility index (Phi) is 6.84.